The van der Waals surface area contributed by atoms with E-state index in [-0.39, 0.29) is 12.1 Å². The molecule has 1 fully saturated rings. The van der Waals surface area contributed by atoms with Crippen LogP contribution in [0.5, 0.6) is 0 Å². The minimum atomic E-state index is -0.0319. The standard InChI is InChI=1S/C24H20N4S/c29-24-26-22(21-13-7-8-15-25-21)23(28(24)20-11-5-2-6-12-20)18-14-16-27(17-18)19-9-3-1-4-10-19/h1-17,22-23H,(H,26,29)/t22-,23+/m0/s1. The van der Waals surface area contributed by atoms with Crippen molar-refractivity contribution in [2.75, 3.05) is 4.90 Å². The average Bonchev–Trinajstić information content (AvgIpc) is 3.40. The van der Waals surface area contributed by atoms with Gasteiger partial charge < -0.3 is 14.8 Å². The van der Waals surface area contributed by atoms with Gasteiger partial charge in [0.05, 0.1) is 17.8 Å². The minimum absolute atomic E-state index is 0.00441. The van der Waals surface area contributed by atoms with E-state index in [1.807, 2.05) is 54.7 Å². The summed E-state index contributed by atoms with van der Waals surface area (Å²) < 4.78 is 2.15. The molecule has 4 nitrogen and oxygen atoms in total. The quantitative estimate of drug-likeness (QED) is 0.490. The van der Waals surface area contributed by atoms with Crippen LogP contribution in [0.1, 0.15) is 23.3 Å². The second kappa shape index (κ2) is 7.53. The van der Waals surface area contributed by atoms with Crippen molar-refractivity contribution in [3.05, 3.63) is 115 Å². The van der Waals surface area contributed by atoms with Gasteiger partial charge in [-0.25, -0.2) is 0 Å². The van der Waals surface area contributed by atoms with Crippen molar-refractivity contribution in [1.29, 1.82) is 0 Å². The highest BCUT2D eigenvalue weighted by atomic mass is 32.1. The van der Waals surface area contributed by atoms with E-state index in [1.54, 1.807) is 0 Å². The second-order valence-electron chi connectivity index (χ2n) is 7.02. The molecule has 0 saturated carbocycles. The molecule has 0 aliphatic carbocycles. The van der Waals surface area contributed by atoms with Gasteiger partial charge >= 0.3 is 0 Å². The van der Waals surface area contributed by atoms with Gasteiger partial charge in [0, 0.05) is 30.0 Å². The van der Waals surface area contributed by atoms with Crippen LogP contribution in [0, 0.1) is 0 Å². The Morgan fingerprint density at radius 2 is 1.48 bits per heavy atom. The largest absolute Gasteiger partial charge is 0.351 e. The highest BCUT2D eigenvalue weighted by molar-refractivity contribution is 7.80. The Bertz CT molecular complexity index is 1110. The van der Waals surface area contributed by atoms with Crippen LogP contribution in [0.25, 0.3) is 5.69 Å². The van der Waals surface area contributed by atoms with Gasteiger partial charge in [-0.2, -0.15) is 0 Å². The van der Waals surface area contributed by atoms with Crippen molar-refractivity contribution in [2.45, 2.75) is 12.1 Å². The Balaban J connectivity index is 1.60. The monoisotopic (exact) mass is 396 g/mol. The number of nitrogens with one attached hydrogen (secondary N) is 1. The Kier molecular flexibility index (Phi) is 4.58. The molecule has 142 valence electrons. The molecule has 29 heavy (non-hydrogen) atoms. The molecule has 1 aliphatic heterocycles. The van der Waals surface area contributed by atoms with E-state index in [1.165, 1.54) is 5.56 Å². The van der Waals surface area contributed by atoms with E-state index in [0.29, 0.717) is 5.11 Å². The molecule has 1 saturated heterocycles. The third-order valence-electron chi connectivity index (χ3n) is 5.24. The van der Waals surface area contributed by atoms with Crippen LogP contribution in [-0.2, 0) is 0 Å². The summed E-state index contributed by atoms with van der Waals surface area (Å²) in [5, 5.41) is 4.21. The highest BCUT2D eigenvalue weighted by Gasteiger charge is 2.40. The van der Waals surface area contributed by atoms with Gasteiger partial charge in [-0.3, -0.25) is 4.98 Å². The highest BCUT2D eigenvalue weighted by Crippen LogP contribution is 2.41. The SMILES string of the molecule is S=C1N[C@@H](c2ccccn2)[C@@H](c2ccn(-c3ccccc3)c2)N1c1ccccc1. The molecule has 0 radical (unpaired) electrons. The molecule has 4 aromatic rings. The lowest BCUT2D eigenvalue weighted by molar-refractivity contribution is 0.568. The van der Waals surface area contributed by atoms with Crippen LogP contribution in [0.4, 0.5) is 5.69 Å². The number of rotatable bonds is 4. The first-order valence-corrected chi connectivity index (χ1v) is 10.0. The third kappa shape index (κ3) is 3.30. The van der Waals surface area contributed by atoms with Gasteiger partial charge in [0.1, 0.15) is 0 Å². The van der Waals surface area contributed by atoms with Crippen molar-refractivity contribution in [3.8, 4) is 5.69 Å². The Hall–Kier alpha value is -3.44. The van der Waals surface area contributed by atoms with Crippen molar-refractivity contribution >= 4 is 23.0 Å². The van der Waals surface area contributed by atoms with E-state index < -0.39 is 0 Å². The number of hydrogen-bond acceptors (Lipinski definition) is 2. The van der Waals surface area contributed by atoms with E-state index in [9.17, 15) is 0 Å². The van der Waals surface area contributed by atoms with Gasteiger partial charge in [0.15, 0.2) is 5.11 Å². The summed E-state index contributed by atoms with van der Waals surface area (Å²) in [6, 6.07) is 28.8. The fraction of sp³-hybridized carbons (Fsp3) is 0.0833. The van der Waals surface area contributed by atoms with Gasteiger partial charge in [-0.05, 0) is 60.2 Å². The Labute approximate surface area is 175 Å². The van der Waals surface area contributed by atoms with Crippen LogP contribution in [0.15, 0.2) is 104 Å². The molecular weight excluding hydrogens is 376 g/mol. The molecule has 2 atom stereocenters. The molecule has 0 amide bonds. The molecule has 5 heteroatoms. The second-order valence-corrected chi connectivity index (χ2v) is 7.41. The summed E-state index contributed by atoms with van der Waals surface area (Å²) in [6.45, 7) is 0. The first-order valence-electron chi connectivity index (χ1n) is 9.60. The Morgan fingerprint density at radius 3 is 2.17 bits per heavy atom. The minimum Gasteiger partial charge on any atom is -0.351 e. The first kappa shape index (κ1) is 17.6. The number of hydrogen-bond donors (Lipinski definition) is 1. The molecule has 1 N–H and O–H groups in total. The molecule has 2 aromatic carbocycles. The molecule has 3 heterocycles. The van der Waals surface area contributed by atoms with E-state index in [2.05, 4.69) is 68.6 Å². The molecule has 0 spiro atoms. The number of benzene rings is 2. The number of aromatic nitrogens is 2. The maximum Gasteiger partial charge on any atom is 0.174 e. The van der Waals surface area contributed by atoms with E-state index >= 15 is 0 Å². The topological polar surface area (TPSA) is 33.1 Å². The van der Waals surface area contributed by atoms with Crippen molar-refractivity contribution in [1.82, 2.24) is 14.9 Å². The van der Waals surface area contributed by atoms with Crippen LogP contribution in [0.2, 0.25) is 0 Å². The van der Waals surface area contributed by atoms with Crippen molar-refractivity contribution < 1.29 is 0 Å². The summed E-state index contributed by atoms with van der Waals surface area (Å²) in [5.74, 6) is 0. The van der Waals surface area contributed by atoms with Crippen molar-refractivity contribution in [3.63, 3.8) is 0 Å². The summed E-state index contributed by atoms with van der Waals surface area (Å²) in [7, 11) is 0. The fourth-order valence-corrected chi connectivity index (χ4v) is 4.26. The van der Waals surface area contributed by atoms with Gasteiger partial charge in [0.2, 0.25) is 0 Å². The zero-order valence-electron chi connectivity index (χ0n) is 15.7. The maximum atomic E-state index is 5.76. The summed E-state index contributed by atoms with van der Waals surface area (Å²) >= 11 is 5.76. The molecule has 2 aromatic heterocycles. The number of para-hydroxylation sites is 2. The van der Waals surface area contributed by atoms with Crippen molar-refractivity contribution in [2.24, 2.45) is 0 Å². The normalized spacial score (nSPS) is 18.6. The molecule has 1 aliphatic rings. The van der Waals surface area contributed by atoms with E-state index in [4.69, 9.17) is 12.2 Å². The Morgan fingerprint density at radius 1 is 0.793 bits per heavy atom. The predicted molar refractivity (Wildman–Crippen MR) is 120 cm³/mol. The number of pyridine rings is 1. The number of nitrogens with zero attached hydrogens (tertiary/aromatic N) is 3. The van der Waals surface area contributed by atoms with Crippen LogP contribution in [-0.4, -0.2) is 14.7 Å². The lowest BCUT2D eigenvalue weighted by Gasteiger charge is -2.27. The van der Waals surface area contributed by atoms with Crippen LogP contribution < -0.4 is 10.2 Å². The van der Waals surface area contributed by atoms with Gasteiger partial charge in [-0.15, -0.1) is 0 Å². The lowest BCUT2D eigenvalue weighted by atomic mass is 9.98. The summed E-state index contributed by atoms with van der Waals surface area (Å²) in [4.78, 5) is 6.80. The first-order chi connectivity index (χ1) is 14.3. The van der Waals surface area contributed by atoms with Gasteiger partial charge in [-0.1, -0.05) is 42.5 Å². The lowest BCUT2D eigenvalue weighted by Crippen LogP contribution is -2.29. The summed E-state index contributed by atoms with van der Waals surface area (Å²) in [5.41, 5.74) is 4.36. The fourth-order valence-electron chi connectivity index (χ4n) is 3.91. The molecular formula is C24H20N4S. The van der Waals surface area contributed by atoms with Crippen LogP contribution in [0.3, 0.4) is 0 Å². The van der Waals surface area contributed by atoms with E-state index in [0.717, 1.165) is 17.1 Å². The smallest absolute Gasteiger partial charge is 0.174 e. The number of thiocarbonyl (C=S) groups is 1. The predicted octanol–water partition coefficient (Wildman–Crippen LogP) is 5.05. The third-order valence-corrected chi connectivity index (χ3v) is 5.56. The zero-order chi connectivity index (χ0) is 19.6. The molecule has 0 unspecified atom stereocenters. The molecule has 5 rings (SSSR count). The summed E-state index contributed by atoms with van der Waals surface area (Å²) in [6.07, 6.45) is 6.11. The maximum absolute atomic E-state index is 5.76. The number of anilines is 1. The van der Waals surface area contributed by atoms with Crippen LogP contribution >= 0.6 is 12.2 Å². The van der Waals surface area contributed by atoms with Gasteiger partial charge in [0.25, 0.3) is 0 Å². The average molecular weight is 397 g/mol. The zero-order valence-corrected chi connectivity index (χ0v) is 16.5. The molecule has 0 bridgehead atoms.